The molecule has 224 valence electrons. The van der Waals surface area contributed by atoms with Gasteiger partial charge in [0.15, 0.2) is 11.6 Å². The molecule has 9 heteroatoms. The van der Waals surface area contributed by atoms with E-state index in [0.717, 1.165) is 12.5 Å². The first-order valence-corrected chi connectivity index (χ1v) is 14.4. The molecule has 0 unspecified atom stereocenters. The van der Waals surface area contributed by atoms with E-state index in [2.05, 4.69) is 31.4 Å². The van der Waals surface area contributed by atoms with E-state index in [4.69, 9.17) is 14.2 Å². The molecule has 40 heavy (non-hydrogen) atoms. The molecule has 0 radical (unpaired) electrons. The normalized spacial score (nSPS) is 25.2. The van der Waals surface area contributed by atoms with Gasteiger partial charge in [0.2, 0.25) is 5.91 Å². The van der Waals surface area contributed by atoms with Crippen LogP contribution in [0.4, 0.5) is 4.39 Å². The van der Waals surface area contributed by atoms with Gasteiger partial charge in [0.05, 0.1) is 30.1 Å². The number of carbonyl (C=O) groups excluding carboxylic acids is 3. The van der Waals surface area contributed by atoms with Crippen LogP contribution >= 0.6 is 0 Å². The van der Waals surface area contributed by atoms with Gasteiger partial charge < -0.3 is 24.8 Å². The molecular weight excluding hydrogens is 515 g/mol. The van der Waals surface area contributed by atoms with Crippen LogP contribution in [0, 0.1) is 22.6 Å². The highest BCUT2D eigenvalue weighted by Gasteiger charge is 2.41. The zero-order valence-electron chi connectivity index (χ0n) is 25.4. The predicted molar refractivity (Wildman–Crippen MR) is 151 cm³/mol. The van der Waals surface area contributed by atoms with Crippen LogP contribution in [0.15, 0.2) is 12.1 Å². The van der Waals surface area contributed by atoms with Gasteiger partial charge in [0.1, 0.15) is 11.4 Å². The van der Waals surface area contributed by atoms with Crippen LogP contribution in [-0.2, 0) is 14.3 Å². The van der Waals surface area contributed by atoms with Crippen molar-refractivity contribution in [2.75, 3.05) is 13.7 Å². The van der Waals surface area contributed by atoms with Gasteiger partial charge in [0.25, 0.3) is 5.91 Å². The summed E-state index contributed by atoms with van der Waals surface area (Å²) < 4.78 is 31.9. The van der Waals surface area contributed by atoms with Crippen molar-refractivity contribution in [1.29, 1.82) is 0 Å². The molecule has 0 aliphatic heterocycles. The molecule has 3 rings (SSSR count). The number of halogens is 1. The minimum Gasteiger partial charge on any atom is -0.496 e. The summed E-state index contributed by atoms with van der Waals surface area (Å²) in [5, 5.41) is 5.98. The molecule has 1 aromatic carbocycles. The molecule has 2 atom stereocenters. The molecule has 2 saturated carbocycles. The Morgan fingerprint density at radius 3 is 2.23 bits per heavy atom. The quantitative estimate of drug-likeness (QED) is 0.402. The summed E-state index contributed by atoms with van der Waals surface area (Å²) in [4.78, 5) is 38.9. The van der Waals surface area contributed by atoms with Crippen molar-refractivity contribution in [3.8, 4) is 11.5 Å². The van der Waals surface area contributed by atoms with Crippen molar-refractivity contribution in [1.82, 2.24) is 10.6 Å². The standard InChI is InChI=1S/C31H47FN2O6/c1-29(2,3)18-33-26(35)20-10-9-11-23(20)34-27(36)21-16-25(22(32)17-24(21)38-8)39-19-12-14-31(7,15-13-19)28(37)40-30(4,5)6/h16-17,19-20,23H,9-15,18H2,1-8H3,(H,33,35)(H,34,36)/t19-,20-,23+,31+/m0/s1. The van der Waals surface area contributed by atoms with E-state index < -0.39 is 22.7 Å². The monoisotopic (exact) mass is 562 g/mol. The van der Waals surface area contributed by atoms with E-state index >= 15 is 0 Å². The van der Waals surface area contributed by atoms with Gasteiger partial charge in [-0.1, -0.05) is 27.2 Å². The van der Waals surface area contributed by atoms with Gasteiger partial charge in [-0.3, -0.25) is 14.4 Å². The molecule has 0 heterocycles. The molecule has 0 spiro atoms. The Morgan fingerprint density at radius 1 is 1.00 bits per heavy atom. The lowest BCUT2D eigenvalue weighted by atomic mass is 9.74. The summed E-state index contributed by atoms with van der Waals surface area (Å²) in [5.41, 5.74) is -1.08. The molecular formula is C31H47FN2O6. The SMILES string of the molecule is COc1cc(F)c(O[C@H]2CC[C@@](C)(C(=O)OC(C)(C)C)CC2)cc1C(=O)N[C@@H]1CCC[C@@H]1C(=O)NCC(C)(C)C. The fourth-order valence-corrected chi connectivity index (χ4v) is 5.28. The average Bonchev–Trinajstić information content (AvgIpc) is 3.31. The predicted octanol–water partition coefficient (Wildman–Crippen LogP) is 5.56. The summed E-state index contributed by atoms with van der Waals surface area (Å²) in [7, 11) is 1.38. The summed E-state index contributed by atoms with van der Waals surface area (Å²) in [6.45, 7) is 14.1. The van der Waals surface area contributed by atoms with Crippen molar-refractivity contribution >= 4 is 17.8 Å². The van der Waals surface area contributed by atoms with Crippen molar-refractivity contribution in [2.45, 2.75) is 111 Å². The first-order chi connectivity index (χ1) is 18.5. The third-order valence-corrected chi connectivity index (χ3v) is 7.68. The molecule has 0 saturated heterocycles. The van der Waals surface area contributed by atoms with Crippen LogP contribution in [0.2, 0.25) is 0 Å². The molecule has 2 aliphatic carbocycles. The number of esters is 1. The molecule has 0 bridgehead atoms. The molecule has 8 nitrogen and oxygen atoms in total. The Kier molecular flexibility index (Phi) is 9.78. The number of ether oxygens (including phenoxy) is 3. The number of hydrogen-bond donors (Lipinski definition) is 2. The van der Waals surface area contributed by atoms with Gasteiger partial charge in [-0.15, -0.1) is 0 Å². The second kappa shape index (κ2) is 12.4. The lowest BCUT2D eigenvalue weighted by Gasteiger charge is -2.37. The zero-order chi connectivity index (χ0) is 29.9. The average molecular weight is 563 g/mol. The zero-order valence-corrected chi connectivity index (χ0v) is 25.4. The largest absolute Gasteiger partial charge is 0.496 e. The fourth-order valence-electron chi connectivity index (χ4n) is 5.28. The summed E-state index contributed by atoms with van der Waals surface area (Å²) in [6.07, 6.45) is 4.12. The number of amides is 2. The van der Waals surface area contributed by atoms with E-state index in [1.54, 1.807) is 0 Å². The Balaban J connectivity index is 1.68. The summed E-state index contributed by atoms with van der Waals surface area (Å²) in [6, 6.07) is 2.20. The number of rotatable bonds is 8. The lowest BCUT2D eigenvalue weighted by molar-refractivity contribution is -0.169. The van der Waals surface area contributed by atoms with Crippen molar-refractivity contribution < 1.29 is 33.0 Å². The van der Waals surface area contributed by atoms with E-state index in [9.17, 15) is 18.8 Å². The lowest BCUT2D eigenvalue weighted by Crippen LogP contribution is -2.45. The van der Waals surface area contributed by atoms with Gasteiger partial charge in [-0.25, -0.2) is 4.39 Å². The van der Waals surface area contributed by atoms with Gasteiger partial charge in [-0.2, -0.15) is 0 Å². The second-order valence-corrected chi connectivity index (χ2v) is 13.8. The number of carbonyl (C=O) groups is 3. The van der Waals surface area contributed by atoms with Crippen LogP contribution in [-0.4, -0.2) is 49.2 Å². The van der Waals surface area contributed by atoms with Crippen molar-refractivity contribution in [3.05, 3.63) is 23.5 Å². The molecule has 1 aromatic rings. The number of benzene rings is 1. The molecule has 2 fully saturated rings. The second-order valence-electron chi connectivity index (χ2n) is 13.8. The molecule has 2 N–H and O–H groups in total. The highest BCUT2D eigenvalue weighted by molar-refractivity contribution is 5.98. The third kappa shape index (κ3) is 8.33. The first kappa shape index (κ1) is 31.7. The highest BCUT2D eigenvalue weighted by atomic mass is 19.1. The Bertz CT molecular complexity index is 1080. The maximum absolute atomic E-state index is 15.0. The Labute approximate surface area is 238 Å². The van der Waals surface area contributed by atoms with Crippen LogP contribution in [0.5, 0.6) is 11.5 Å². The van der Waals surface area contributed by atoms with Crippen molar-refractivity contribution in [2.24, 2.45) is 16.7 Å². The van der Waals surface area contributed by atoms with Gasteiger partial charge >= 0.3 is 5.97 Å². The summed E-state index contributed by atoms with van der Waals surface area (Å²) >= 11 is 0. The number of nitrogens with one attached hydrogen (secondary N) is 2. The van der Waals surface area contributed by atoms with Crippen LogP contribution in [0.1, 0.15) is 104 Å². The van der Waals surface area contributed by atoms with Crippen LogP contribution in [0.3, 0.4) is 0 Å². The minimum absolute atomic E-state index is 0.0392. The minimum atomic E-state index is -0.630. The molecule has 2 aliphatic rings. The maximum Gasteiger partial charge on any atom is 0.312 e. The van der Waals surface area contributed by atoms with Crippen molar-refractivity contribution in [3.63, 3.8) is 0 Å². The van der Waals surface area contributed by atoms with E-state index in [1.807, 2.05) is 27.7 Å². The molecule has 0 aromatic heterocycles. The van der Waals surface area contributed by atoms with Gasteiger partial charge in [0, 0.05) is 18.7 Å². The van der Waals surface area contributed by atoms with E-state index in [0.29, 0.717) is 45.1 Å². The number of hydrogen-bond acceptors (Lipinski definition) is 6. The smallest absolute Gasteiger partial charge is 0.312 e. The Morgan fingerprint density at radius 2 is 1.65 bits per heavy atom. The van der Waals surface area contributed by atoms with E-state index in [-0.39, 0.29) is 52.4 Å². The van der Waals surface area contributed by atoms with E-state index in [1.165, 1.54) is 13.2 Å². The summed E-state index contributed by atoms with van der Waals surface area (Å²) in [5.74, 6) is -1.64. The highest BCUT2D eigenvalue weighted by Crippen LogP contribution is 2.40. The maximum atomic E-state index is 15.0. The third-order valence-electron chi connectivity index (χ3n) is 7.68. The topological polar surface area (TPSA) is 103 Å². The molecule has 2 amide bonds. The first-order valence-electron chi connectivity index (χ1n) is 14.4. The van der Waals surface area contributed by atoms with Crippen LogP contribution in [0.25, 0.3) is 0 Å². The van der Waals surface area contributed by atoms with Crippen LogP contribution < -0.4 is 20.1 Å². The Hall–Kier alpha value is -2.84. The number of methoxy groups -OCH3 is 1. The van der Waals surface area contributed by atoms with Gasteiger partial charge in [-0.05, 0) is 77.7 Å². The fraction of sp³-hybridized carbons (Fsp3) is 0.710.